The Morgan fingerprint density at radius 1 is 1.29 bits per heavy atom. The van der Waals surface area contributed by atoms with Crippen molar-refractivity contribution in [2.24, 2.45) is 0 Å². The van der Waals surface area contributed by atoms with Crippen LogP contribution in [0.1, 0.15) is 25.0 Å². The lowest BCUT2D eigenvalue weighted by molar-refractivity contribution is 0.211. The summed E-state index contributed by atoms with van der Waals surface area (Å²) in [7, 11) is -4.63. The smallest absolute Gasteiger partial charge is 0.217 e. The molecule has 1 aromatic rings. The Kier molecular flexibility index (Phi) is 5.28. The number of benzene rings is 1. The third-order valence-corrected chi connectivity index (χ3v) is 2.84. The molecule has 1 aromatic carbocycles. The van der Waals surface area contributed by atoms with Crippen LogP contribution in [0.3, 0.4) is 0 Å². The Hall–Kier alpha value is -0.950. The maximum Gasteiger partial charge on any atom is 0.217 e. The zero-order valence-electron chi connectivity index (χ0n) is 10.6. The van der Waals surface area contributed by atoms with Crippen molar-refractivity contribution >= 4 is 10.4 Å². The van der Waals surface area contributed by atoms with Gasteiger partial charge in [-0.25, -0.2) is 8.42 Å². The van der Waals surface area contributed by atoms with E-state index in [1.54, 1.807) is 0 Å². The van der Waals surface area contributed by atoms with Crippen LogP contribution in [0.2, 0.25) is 0 Å². The van der Waals surface area contributed by atoms with Crippen LogP contribution in [-0.4, -0.2) is 19.6 Å². The highest BCUT2D eigenvalue weighted by Crippen LogP contribution is 2.26. The Balaban J connectivity index is 0.00000256. The average Bonchev–Trinajstić information content (AvgIpc) is 2.14. The van der Waals surface area contributed by atoms with E-state index in [2.05, 4.69) is 4.18 Å². The van der Waals surface area contributed by atoms with Gasteiger partial charge in [0.2, 0.25) is 10.4 Å². The second-order valence-corrected chi connectivity index (χ2v) is 5.42. The predicted molar refractivity (Wildman–Crippen MR) is 65.8 cm³/mol. The van der Waals surface area contributed by atoms with Gasteiger partial charge in [-0.1, -0.05) is 38.1 Å². The molecule has 4 N–H and O–H groups in total. The lowest BCUT2D eigenvalue weighted by Gasteiger charge is -2.27. The molecule has 5 nitrogen and oxygen atoms in total. The molecule has 0 atom stereocenters. The molecule has 0 bridgehead atoms. The summed E-state index contributed by atoms with van der Waals surface area (Å²) >= 11 is 0. The van der Waals surface area contributed by atoms with Gasteiger partial charge in [-0.05, 0) is 18.1 Å². The van der Waals surface area contributed by atoms with Crippen LogP contribution in [0.5, 0.6) is 0 Å². The zero-order valence-corrected chi connectivity index (χ0v) is 11.4. The highest BCUT2D eigenvalue weighted by atomic mass is 32.3. The van der Waals surface area contributed by atoms with E-state index in [1.165, 1.54) is 0 Å². The van der Waals surface area contributed by atoms with Gasteiger partial charge in [0.15, 0.2) is 0 Å². The fourth-order valence-corrected chi connectivity index (χ4v) is 2.07. The topological polar surface area (TPSA) is 103 Å². The van der Waals surface area contributed by atoms with Crippen molar-refractivity contribution in [1.29, 1.82) is 0 Å². The molecule has 0 fully saturated rings. The number of quaternary nitrogens is 1. The van der Waals surface area contributed by atoms with Gasteiger partial charge in [0.25, 0.3) is 0 Å². The zero-order chi connectivity index (χ0) is 12.4. The second-order valence-electron chi connectivity index (χ2n) is 4.37. The van der Waals surface area contributed by atoms with Crippen molar-refractivity contribution < 1.29 is 17.2 Å². The lowest BCUT2D eigenvalue weighted by atomic mass is 9.83. The minimum absolute atomic E-state index is 0. The average molecular weight is 261 g/mol. The summed E-state index contributed by atoms with van der Waals surface area (Å²) in [5.74, 6) is 0. The minimum Gasteiger partial charge on any atom is -0.726 e. The summed E-state index contributed by atoms with van der Waals surface area (Å²) in [5.41, 5.74) is 1.50. The van der Waals surface area contributed by atoms with E-state index in [9.17, 15) is 13.0 Å². The molecule has 0 saturated carbocycles. The Bertz CT molecular complexity index is 468. The Morgan fingerprint density at radius 3 is 2.29 bits per heavy atom. The van der Waals surface area contributed by atoms with E-state index in [1.807, 2.05) is 45.0 Å². The molecule has 0 aromatic heterocycles. The molecule has 17 heavy (non-hydrogen) atoms. The second kappa shape index (κ2) is 5.59. The van der Waals surface area contributed by atoms with Crippen molar-refractivity contribution in [2.75, 3.05) is 6.61 Å². The summed E-state index contributed by atoms with van der Waals surface area (Å²) in [4.78, 5) is 0. The first-order valence-electron chi connectivity index (χ1n) is 4.89. The summed E-state index contributed by atoms with van der Waals surface area (Å²) in [6.07, 6.45) is 0. The monoisotopic (exact) mass is 261 g/mol. The fourth-order valence-electron chi connectivity index (χ4n) is 1.63. The molecular weight excluding hydrogens is 242 g/mol. The molecule has 1 rings (SSSR count). The molecular formula is C11H19NO4S. The van der Waals surface area contributed by atoms with E-state index in [0.29, 0.717) is 0 Å². The summed E-state index contributed by atoms with van der Waals surface area (Å²) in [6, 6.07) is 7.61. The SMILES string of the molecule is Cc1ccccc1C(C)(C)COS(=O)(=O)[O-].[NH4+]. The van der Waals surface area contributed by atoms with Crippen molar-refractivity contribution in [3.63, 3.8) is 0 Å². The van der Waals surface area contributed by atoms with Crippen LogP contribution in [0.25, 0.3) is 0 Å². The van der Waals surface area contributed by atoms with Gasteiger partial charge in [0.05, 0.1) is 6.61 Å². The maximum absolute atomic E-state index is 10.4. The van der Waals surface area contributed by atoms with Gasteiger partial charge in [0.1, 0.15) is 0 Å². The lowest BCUT2D eigenvalue weighted by Crippen LogP contribution is -2.27. The molecule has 6 heteroatoms. The number of rotatable bonds is 4. The first kappa shape index (κ1) is 16.1. The molecule has 0 amide bonds. The van der Waals surface area contributed by atoms with Crippen molar-refractivity contribution in [2.45, 2.75) is 26.2 Å². The minimum atomic E-state index is -4.63. The summed E-state index contributed by atoms with van der Waals surface area (Å²) in [6.45, 7) is 5.45. The normalized spacial score (nSPS) is 12.0. The first-order chi connectivity index (χ1) is 7.22. The van der Waals surface area contributed by atoms with Crippen LogP contribution >= 0.6 is 0 Å². The van der Waals surface area contributed by atoms with Crippen molar-refractivity contribution in [3.05, 3.63) is 35.4 Å². The van der Waals surface area contributed by atoms with Crippen LogP contribution < -0.4 is 6.15 Å². The quantitative estimate of drug-likeness (QED) is 0.662. The first-order valence-corrected chi connectivity index (χ1v) is 6.22. The molecule has 0 aliphatic carbocycles. The van der Waals surface area contributed by atoms with E-state index >= 15 is 0 Å². The van der Waals surface area contributed by atoms with E-state index < -0.39 is 15.8 Å². The fraction of sp³-hybridized carbons (Fsp3) is 0.455. The molecule has 0 radical (unpaired) electrons. The number of aryl methyl sites for hydroxylation is 1. The highest BCUT2D eigenvalue weighted by Gasteiger charge is 2.23. The molecule has 0 aliphatic rings. The van der Waals surface area contributed by atoms with Gasteiger partial charge < -0.3 is 10.7 Å². The predicted octanol–water partition coefficient (Wildman–Crippen LogP) is 2.13. The largest absolute Gasteiger partial charge is 0.726 e. The highest BCUT2D eigenvalue weighted by molar-refractivity contribution is 7.80. The molecule has 98 valence electrons. The molecule has 0 aliphatic heterocycles. The van der Waals surface area contributed by atoms with Crippen molar-refractivity contribution in [1.82, 2.24) is 6.15 Å². The van der Waals surface area contributed by atoms with Gasteiger partial charge in [-0.3, -0.25) is 4.18 Å². The summed E-state index contributed by atoms with van der Waals surface area (Å²) in [5, 5.41) is 0. The maximum atomic E-state index is 10.4. The molecule has 0 heterocycles. The number of hydrogen-bond acceptors (Lipinski definition) is 4. The van der Waals surface area contributed by atoms with E-state index in [-0.39, 0.29) is 12.8 Å². The third kappa shape index (κ3) is 4.82. The number of hydrogen-bond donors (Lipinski definition) is 1. The van der Waals surface area contributed by atoms with Gasteiger partial charge in [0, 0.05) is 5.41 Å². The Labute approximate surface area is 102 Å². The molecule has 0 unspecified atom stereocenters. The van der Waals surface area contributed by atoms with Crippen molar-refractivity contribution in [3.8, 4) is 0 Å². The van der Waals surface area contributed by atoms with E-state index in [4.69, 9.17) is 0 Å². The van der Waals surface area contributed by atoms with Crippen LogP contribution in [0.15, 0.2) is 24.3 Å². The van der Waals surface area contributed by atoms with Crippen LogP contribution in [0, 0.1) is 6.92 Å². The Morgan fingerprint density at radius 2 is 1.82 bits per heavy atom. The molecule has 0 spiro atoms. The van der Waals surface area contributed by atoms with Crippen LogP contribution in [0.4, 0.5) is 0 Å². The van der Waals surface area contributed by atoms with Gasteiger partial charge in [-0.15, -0.1) is 0 Å². The van der Waals surface area contributed by atoms with Gasteiger partial charge >= 0.3 is 0 Å². The van der Waals surface area contributed by atoms with E-state index in [0.717, 1.165) is 11.1 Å². The van der Waals surface area contributed by atoms with Crippen LogP contribution in [-0.2, 0) is 20.0 Å². The van der Waals surface area contributed by atoms with Gasteiger partial charge in [-0.2, -0.15) is 0 Å². The standard InChI is InChI=1S/C11H16O4S.H3N/c1-9-6-4-5-7-10(9)11(2,3)8-15-16(12,13)14;/h4-7H,8H2,1-3H3,(H,12,13,14);1H3. The summed E-state index contributed by atoms with van der Waals surface area (Å²) < 4.78 is 35.6. The third-order valence-electron chi connectivity index (χ3n) is 2.44. The molecule has 0 saturated heterocycles.